The van der Waals surface area contributed by atoms with Gasteiger partial charge in [0, 0.05) is 6.54 Å². The van der Waals surface area contributed by atoms with Gasteiger partial charge in [0.05, 0.1) is 0 Å². The first kappa shape index (κ1) is 13.7. The van der Waals surface area contributed by atoms with Gasteiger partial charge in [0.15, 0.2) is 0 Å². The van der Waals surface area contributed by atoms with E-state index >= 15 is 0 Å². The van der Waals surface area contributed by atoms with E-state index in [0.29, 0.717) is 5.92 Å². The van der Waals surface area contributed by atoms with E-state index in [4.69, 9.17) is 0 Å². The van der Waals surface area contributed by atoms with Crippen LogP contribution in [0.15, 0.2) is 12.2 Å². The molecule has 0 heterocycles. The second-order valence-electron chi connectivity index (χ2n) is 4.11. The van der Waals surface area contributed by atoms with Gasteiger partial charge in [-0.2, -0.15) is 0 Å². The average Bonchev–Trinajstić information content (AvgIpc) is 2.15. The fourth-order valence-corrected chi connectivity index (χ4v) is 1.76. The van der Waals surface area contributed by atoms with Crippen molar-refractivity contribution in [1.29, 1.82) is 0 Å². The molecule has 0 saturated heterocycles. The summed E-state index contributed by atoms with van der Waals surface area (Å²) in [5.41, 5.74) is 0. The second-order valence-corrected chi connectivity index (χ2v) is 4.11. The minimum atomic E-state index is 0.702. The van der Waals surface area contributed by atoms with E-state index in [1.165, 1.54) is 32.5 Å². The summed E-state index contributed by atoms with van der Waals surface area (Å²) in [6.45, 7) is 12.7. The maximum absolute atomic E-state index is 2.57. The molecule has 0 fully saturated rings. The number of allylic oxidation sites excluding steroid dienone is 1. The maximum Gasteiger partial charge on any atom is 0.00417 e. The monoisotopic (exact) mass is 197 g/mol. The molecule has 0 spiro atoms. The Morgan fingerprint density at radius 3 is 2.07 bits per heavy atom. The molecule has 1 nitrogen and oxygen atoms in total. The smallest absolute Gasteiger partial charge is 0.00417 e. The minimum absolute atomic E-state index is 0.702. The van der Waals surface area contributed by atoms with Crippen LogP contribution in [0.5, 0.6) is 0 Å². The van der Waals surface area contributed by atoms with Gasteiger partial charge >= 0.3 is 0 Å². The van der Waals surface area contributed by atoms with Crippen molar-refractivity contribution < 1.29 is 0 Å². The van der Waals surface area contributed by atoms with Crippen molar-refractivity contribution >= 4 is 0 Å². The number of nitrogens with zero attached hydrogens (tertiary/aromatic N) is 1. The minimum Gasteiger partial charge on any atom is -0.303 e. The van der Waals surface area contributed by atoms with Gasteiger partial charge in [0.1, 0.15) is 0 Å². The summed E-state index contributed by atoms with van der Waals surface area (Å²) in [5, 5.41) is 0. The Bertz CT molecular complexity index is 134. The van der Waals surface area contributed by atoms with Crippen LogP contribution in [0.2, 0.25) is 0 Å². The molecule has 0 aromatic heterocycles. The molecule has 14 heavy (non-hydrogen) atoms. The van der Waals surface area contributed by atoms with E-state index in [1.54, 1.807) is 0 Å². The van der Waals surface area contributed by atoms with Crippen molar-refractivity contribution in [1.82, 2.24) is 4.90 Å². The van der Waals surface area contributed by atoms with Gasteiger partial charge in [-0.3, -0.25) is 0 Å². The normalized spacial score (nSPS) is 14.1. The van der Waals surface area contributed by atoms with Crippen LogP contribution in [-0.4, -0.2) is 24.5 Å². The van der Waals surface area contributed by atoms with E-state index in [-0.39, 0.29) is 0 Å². The van der Waals surface area contributed by atoms with Crippen LogP contribution < -0.4 is 0 Å². The highest BCUT2D eigenvalue weighted by Gasteiger charge is 2.05. The zero-order chi connectivity index (χ0) is 10.8. The van der Waals surface area contributed by atoms with E-state index in [9.17, 15) is 0 Å². The van der Waals surface area contributed by atoms with Crippen molar-refractivity contribution in [2.24, 2.45) is 5.92 Å². The second kappa shape index (κ2) is 9.26. The lowest BCUT2D eigenvalue weighted by Crippen LogP contribution is -2.29. The molecule has 1 unspecified atom stereocenters. The molecule has 0 saturated carbocycles. The Kier molecular flexibility index (Phi) is 9.06. The van der Waals surface area contributed by atoms with E-state index < -0.39 is 0 Å². The van der Waals surface area contributed by atoms with Crippen LogP contribution in [-0.2, 0) is 0 Å². The molecule has 0 rings (SSSR count). The first-order valence-corrected chi connectivity index (χ1v) is 6.13. The molecule has 0 bridgehead atoms. The quantitative estimate of drug-likeness (QED) is 0.536. The zero-order valence-corrected chi connectivity index (χ0v) is 10.4. The third-order valence-corrected chi connectivity index (χ3v) is 2.33. The molecule has 0 aliphatic rings. The molecule has 0 radical (unpaired) electrons. The van der Waals surface area contributed by atoms with Gasteiger partial charge in [-0.05, 0) is 38.3 Å². The lowest BCUT2D eigenvalue weighted by molar-refractivity contribution is 0.254. The van der Waals surface area contributed by atoms with Crippen molar-refractivity contribution in [2.75, 3.05) is 19.6 Å². The van der Waals surface area contributed by atoms with Crippen LogP contribution in [0.1, 0.15) is 47.0 Å². The highest BCUT2D eigenvalue weighted by molar-refractivity contribution is 4.86. The molecule has 84 valence electrons. The fraction of sp³-hybridized carbons (Fsp3) is 0.846. The SMILES string of the molecule is CCC=CC(C)CN(CCC)CCC. The number of rotatable bonds is 8. The summed E-state index contributed by atoms with van der Waals surface area (Å²) in [6, 6.07) is 0. The third kappa shape index (κ3) is 7.14. The molecule has 0 aromatic rings. The summed E-state index contributed by atoms with van der Waals surface area (Å²) in [5.74, 6) is 0.702. The summed E-state index contributed by atoms with van der Waals surface area (Å²) in [4.78, 5) is 2.57. The first-order chi connectivity index (χ1) is 6.74. The summed E-state index contributed by atoms with van der Waals surface area (Å²) in [7, 11) is 0. The summed E-state index contributed by atoms with van der Waals surface area (Å²) < 4.78 is 0. The Hall–Kier alpha value is -0.300. The van der Waals surface area contributed by atoms with E-state index in [0.717, 1.165) is 6.42 Å². The standard InChI is InChI=1S/C13H27N/c1-5-8-9-13(4)12-14(10-6-2)11-7-3/h8-9,13H,5-7,10-12H2,1-4H3. The van der Waals surface area contributed by atoms with Gasteiger partial charge in [-0.1, -0.05) is 39.8 Å². The summed E-state index contributed by atoms with van der Waals surface area (Å²) in [6.07, 6.45) is 8.32. The molecule has 1 atom stereocenters. The lowest BCUT2D eigenvalue weighted by Gasteiger charge is -2.23. The molecule has 0 amide bonds. The van der Waals surface area contributed by atoms with Crippen LogP contribution in [0.4, 0.5) is 0 Å². The van der Waals surface area contributed by atoms with Crippen molar-refractivity contribution in [3.8, 4) is 0 Å². The predicted octanol–water partition coefficient (Wildman–Crippen LogP) is 3.71. The Morgan fingerprint density at radius 2 is 1.64 bits per heavy atom. The Morgan fingerprint density at radius 1 is 1.07 bits per heavy atom. The topological polar surface area (TPSA) is 3.24 Å². The highest BCUT2D eigenvalue weighted by Crippen LogP contribution is 2.04. The fourth-order valence-electron chi connectivity index (χ4n) is 1.76. The van der Waals surface area contributed by atoms with E-state index in [1.807, 2.05) is 0 Å². The third-order valence-electron chi connectivity index (χ3n) is 2.33. The van der Waals surface area contributed by atoms with Gasteiger partial charge < -0.3 is 4.90 Å². The number of hydrogen-bond donors (Lipinski definition) is 0. The first-order valence-electron chi connectivity index (χ1n) is 6.13. The molecule has 0 aliphatic heterocycles. The Balaban J connectivity index is 3.81. The molecule has 0 aliphatic carbocycles. The molecular weight excluding hydrogens is 170 g/mol. The van der Waals surface area contributed by atoms with Gasteiger partial charge in [0.2, 0.25) is 0 Å². The van der Waals surface area contributed by atoms with Gasteiger partial charge in [-0.15, -0.1) is 0 Å². The van der Waals surface area contributed by atoms with Crippen molar-refractivity contribution in [3.63, 3.8) is 0 Å². The Labute approximate surface area is 90.2 Å². The maximum atomic E-state index is 2.57. The van der Waals surface area contributed by atoms with Gasteiger partial charge in [0.25, 0.3) is 0 Å². The van der Waals surface area contributed by atoms with Crippen LogP contribution in [0.25, 0.3) is 0 Å². The number of hydrogen-bond acceptors (Lipinski definition) is 1. The van der Waals surface area contributed by atoms with Crippen LogP contribution in [0.3, 0.4) is 0 Å². The molecule has 0 aromatic carbocycles. The van der Waals surface area contributed by atoms with Crippen LogP contribution >= 0.6 is 0 Å². The molecule has 0 N–H and O–H groups in total. The zero-order valence-electron chi connectivity index (χ0n) is 10.4. The predicted molar refractivity (Wildman–Crippen MR) is 65.6 cm³/mol. The highest BCUT2D eigenvalue weighted by atomic mass is 15.1. The summed E-state index contributed by atoms with van der Waals surface area (Å²) >= 11 is 0. The molecule has 1 heteroatoms. The van der Waals surface area contributed by atoms with Crippen LogP contribution in [0, 0.1) is 5.92 Å². The largest absolute Gasteiger partial charge is 0.303 e. The average molecular weight is 197 g/mol. The molecular formula is C13H27N. The van der Waals surface area contributed by atoms with Crippen molar-refractivity contribution in [3.05, 3.63) is 12.2 Å². The van der Waals surface area contributed by atoms with E-state index in [2.05, 4.69) is 44.7 Å². The van der Waals surface area contributed by atoms with Gasteiger partial charge in [-0.25, -0.2) is 0 Å². The lowest BCUT2D eigenvalue weighted by atomic mass is 10.1. The van der Waals surface area contributed by atoms with Crippen molar-refractivity contribution in [2.45, 2.75) is 47.0 Å².